The summed E-state index contributed by atoms with van der Waals surface area (Å²) < 4.78 is 35.1. The molecule has 0 saturated heterocycles. The lowest BCUT2D eigenvalue weighted by Crippen LogP contribution is -2.53. The Bertz CT molecular complexity index is 929. The Balaban J connectivity index is 2.41. The minimum atomic E-state index is -3.92. The van der Waals surface area contributed by atoms with Crippen LogP contribution in [0.5, 0.6) is 5.75 Å². The van der Waals surface area contributed by atoms with Gasteiger partial charge in [-0.1, -0.05) is 80.9 Å². The molecule has 0 aliphatic rings. The maximum Gasteiger partial charge on any atom is 0.242 e. The van der Waals surface area contributed by atoms with E-state index in [0.29, 0.717) is 19.4 Å². The Morgan fingerprint density at radius 2 is 1.58 bits per heavy atom. The van der Waals surface area contributed by atoms with Crippen LogP contribution in [0.4, 0.5) is 5.69 Å². The van der Waals surface area contributed by atoms with Crippen molar-refractivity contribution in [1.82, 2.24) is 4.72 Å². The van der Waals surface area contributed by atoms with Gasteiger partial charge in [-0.25, -0.2) is 13.1 Å². The van der Waals surface area contributed by atoms with Gasteiger partial charge in [-0.3, -0.25) is 0 Å². The number of nitrogens with one attached hydrogen (secondary N) is 2. The minimum Gasteiger partial charge on any atom is -0.495 e. The van der Waals surface area contributed by atoms with Crippen LogP contribution in [0.1, 0.15) is 52.4 Å². The van der Waals surface area contributed by atoms with E-state index in [0.717, 1.165) is 31.4 Å². The van der Waals surface area contributed by atoms with Crippen LogP contribution in [-0.4, -0.2) is 27.6 Å². The van der Waals surface area contributed by atoms with Gasteiger partial charge in [-0.2, -0.15) is 0 Å². The van der Waals surface area contributed by atoms with Crippen molar-refractivity contribution in [3.63, 3.8) is 0 Å². The van der Waals surface area contributed by atoms with Gasteiger partial charge in [-0.05, 0) is 31.0 Å². The van der Waals surface area contributed by atoms with E-state index >= 15 is 0 Å². The zero-order valence-corrected chi connectivity index (χ0v) is 20.7. The molecule has 2 rings (SSSR count). The number of benzene rings is 2. The molecule has 2 N–H and O–H groups in total. The Morgan fingerprint density at radius 1 is 0.968 bits per heavy atom. The molecule has 2 aromatic rings. The monoisotopic (exact) mass is 486 g/mol. The molecule has 0 spiro atoms. The highest BCUT2D eigenvalue weighted by atomic mass is 35.5. The molecule has 5 nitrogen and oxygen atoms in total. The normalized spacial score (nSPS) is 12.0. The minimum absolute atomic E-state index is 0.0347. The van der Waals surface area contributed by atoms with Crippen LogP contribution < -0.4 is 14.8 Å². The highest BCUT2D eigenvalue weighted by molar-refractivity contribution is 7.89. The van der Waals surface area contributed by atoms with Crippen molar-refractivity contribution in [1.29, 1.82) is 0 Å². The molecule has 2 aromatic carbocycles. The Morgan fingerprint density at radius 3 is 2.13 bits per heavy atom. The second-order valence-electron chi connectivity index (χ2n) is 7.73. The number of hydrogen-bond donors (Lipinski definition) is 2. The molecule has 0 radical (unpaired) electrons. The summed E-state index contributed by atoms with van der Waals surface area (Å²) in [4.78, 5) is -0.0347. The lowest BCUT2D eigenvalue weighted by atomic mass is 9.88. The van der Waals surface area contributed by atoms with Gasteiger partial charge in [0.05, 0.1) is 22.7 Å². The predicted molar refractivity (Wildman–Crippen MR) is 130 cm³/mol. The van der Waals surface area contributed by atoms with E-state index in [9.17, 15) is 8.42 Å². The second-order valence-corrected chi connectivity index (χ2v) is 10.2. The fraction of sp³-hybridized carbons (Fsp3) is 0.478. The van der Waals surface area contributed by atoms with E-state index in [4.69, 9.17) is 27.9 Å². The van der Waals surface area contributed by atoms with Crippen LogP contribution in [0.3, 0.4) is 0 Å². The molecule has 31 heavy (non-hydrogen) atoms. The van der Waals surface area contributed by atoms with Gasteiger partial charge in [0.25, 0.3) is 0 Å². The highest BCUT2D eigenvalue weighted by Gasteiger charge is 2.35. The summed E-state index contributed by atoms with van der Waals surface area (Å²) in [6, 6.07) is 12.6. The number of rotatable bonds is 13. The molecule has 0 heterocycles. The van der Waals surface area contributed by atoms with Crippen molar-refractivity contribution in [2.24, 2.45) is 0 Å². The van der Waals surface area contributed by atoms with Crippen molar-refractivity contribution < 1.29 is 13.2 Å². The summed E-state index contributed by atoms with van der Waals surface area (Å²) in [7, 11) is -2.48. The molecule has 0 amide bonds. The third-order valence-corrected chi connectivity index (χ3v) is 7.61. The molecule has 0 unspecified atom stereocenters. The van der Waals surface area contributed by atoms with Gasteiger partial charge in [-0.15, -0.1) is 0 Å². The van der Waals surface area contributed by atoms with Gasteiger partial charge in [0.2, 0.25) is 10.0 Å². The maximum absolute atomic E-state index is 13.5. The lowest BCUT2D eigenvalue weighted by Gasteiger charge is -2.35. The topological polar surface area (TPSA) is 67.4 Å². The zero-order valence-electron chi connectivity index (χ0n) is 18.4. The molecule has 0 aliphatic carbocycles. The fourth-order valence-electron chi connectivity index (χ4n) is 3.51. The number of methoxy groups -OCH3 is 1. The van der Waals surface area contributed by atoms with Crippen molar-refractivity contribution in [2.75, 3.05) is 19.0 Å². The maximum atomic E-state index is 13.5. The number of hydrogen-bond acceptors (Lipinski definition) is 4. The number of ether oxygens (including phenoxy) is 1. The summed E-state index contributed by atoms with van der Waals surface area (Å²) in [5, 5.41) is 3.75. The smallest absolute Gasteiger partial charge is 0.242 e. The molecule has 172 valence electrons. The third-order valence-electron chi connectivity index (χ3n) is 5.27. The van der Waals surface area contributed by atoms with Gasteiger partial charge in [0.1, 0.15) is 10.6 Å². The number of sulfonamides is 1. The highest BCUT2D eigenvalue weighted by Crippen LogP contribution is 2.35. The molecule has 0 bridgehead atoms. The molecule has 8 heteroatoms. The molecule has 0 aliphatic heterocycles. The molecule has 0 atom stereocenters. The van der Waals surface area contributed by atoms with E-state index in [1.807, 2.05) is 30.3 Å². The summed E-state index contributed by atoms with van der Waals surface area (Å²) >= 11 is 12.4. The van der Waals surface area contributed by atoms with Crippen LogP contribution >= 0.6 is 23.2 Å². The molecular formula is C23H32Cl2N2O3S. The average Bonchev–Trinajstić information content (AvgIpc) is 2.75. The number of halogens is 2. The van der Waals surface area contributed by atoms with E-state index < -0.39 is 15.6 Å². The second kappa shape index (κ2) is 12.0. The van der Waals surface area contributed by atoms with Crippen LogP contribution in [-0.2, 0) is 10.0 Å². The fourth-order valence-corrected chi connectivity index (χ4v) is 5.81. The first-order valence-electron chi connectivity index (χ1n) is 10.6. The SMILES string of the molecule is CCCCC(CCCC)(CNc1ccccc1)NS(=O)(=O)c1cc(OC)c(Cl)cc1Cl. The van der Waals surface area contributed by atoms with Crippen LogP contribution in [0.15, 0.2) is 47.4 Å². The molecular weight excluding hydrogens is 455 g/mol. The number of para-hydroxylation sites is 1. The Hall–Kier alpha value is -1.47. The zero-order chi connectivity index (χ0) is 22.9. The van der Waals surface area contributed by atoms with Gasteiger partial charge in [0.15, 0.2) is 0 Å². The van der Waals surface area contributed by atoms with E-state index in [2.05, 4.69) is 23.9 Å². The largest absolute Gasteiger partial charge is 0.495 e. The van der Waals surface area contributed by atoms with Crippen molar-refractivity contribution in [3.05, 3.63) is 52.5 Å². The van der Waals surface area contributed by atoms with E-state index in [-0.39, 0.29) is 20.7 Å². The first kappa shape index (κ1) is 25.8. The number of anilines is 1. The lowest BCUT2D eigenvalue weighted by molar-refractivity contribution is 0.326. The van der Waals surface area contributed by atoms with Crippen LogP contribution in [0.25, 0.3) is 0 Å². The average molecular weight is 487 g/mol. The Kier molecular flexibility index (Phi) is 9.94. The quantitative estimate of drug-likeness (QED) is 0.338. The van der Waals surface area contributed by atoms with Gasteiger partial charge in [0, 0.05) is 18.3 Å². The van der Waals surface area contributed by atoms with Crippen molar-refractivity contribution in [3.8, 4) is 5.75 Å². The molecule has 0 aromatic heterocycles. The molecule has 0 fully saturated rings. The number of unbranched alkanes of at least 4 members (excludes halogenated alkanes) is 2. The standard InChI is InChI=1S/C23H32Cl2N2O3S/c1-4-6-13-23(14-7-5-2,17-26-18-11-9-8-10-12-18)27-31(28,29)22-16-21(30-3)19(24)15-20(22)25/h8-12,15-16,26-27H,4-7,13-14,17H2,1-3H3. The summed E-state index contributed by atoms with van der Waals surface area (Å²) in [5.41, 5.74) is 0.293. The van der Waals surface area contributed by atoms with Gasteiger partial charge >= 0.3 is 0 Å². The van der Waals surface area contributed by atoms with Gasteiger partial charge < -0.3 is 10.1 Å². The van der Waals surface area contributed by atoms with E-state index in [1.165, 1.54) is 19.2 Å². The van der Waals surface area contributed by atoms with E-state index in [1.54, 1.807) is 0 Å². The predicted octanol–water partition coefficient (Wildman–Crippen LogP) is 6.51. The summed E-state index contributed by atoms with van der Waals surface area (Å²) in [6.07, 6.45) is 5.17. The summed E-state index contributed by atoms with van der Waals surface area (Å²) in [5.74, 6) is 0.265. The third kappa shape index (κ3) is 7.28. The van der Waals surface area contributed by atoms with Crippen molar-refractivity contribution >= 4 is 38.9 Å². The van der Waals surface area contributed by atoms with Crippen LogP contribution in [0, 0.1) is 0 Å². The van der Waals surface area contributed by atoms with Crippen LogP contribution in [0.2, 0.25) is 10.0 Å². The summed E-state index contributed by atoms with van der Waals surface area (Å²) in [6.45, 7) is 4.67. The molecule has 0 saturated carbocycles. The first-order chi connectivity index (χ1) is 14.8. The first-order valence-corrected chi connectivity index (χ1v) is 12.9. The van der Waals surface area contributed by atoms with Crippen molar-refractivity contribution in [2.45, 2.75) is 62.8 Å². The Labute approximate surface area is 196 Å².